The highest BCUT2D eigenvalue weighted by Gasteiger charge is 2.13. The molecule has 0 amide bonds. The molecule has 0 bridgehead atoms. The van der Waals surface area contributed by atoms with Gasteiger partial charge in [-0.1, -0.05) is 61.9 Å². The van der Waals surface area contributed by atoms with Gasteiger partial charge in [0.05, 0.1) is 5.52 Å². The number of phenolic OH excluding ortho intramolecular Hbond substituents is 1. The number of fused-ring (bicyclic) bond motifs is 2. The lowest BCUT2D eigenvalue weighted by molar-refractivity contribution is 0.477. The van der Waals surface area contributed by atoms with Gasteiger partial charge in [0, 0.05) is 23.7 Å². The normalized spacial score (nSPS) is 11.4. The lowest BCUT2D eigenvalue weighted by atomic mass is 10.0. The van der Waals surface area contributed by atoms with E-state index in [4.69, 9.17) is 0 Å². The molecule has 0 saturated carbocycles. The molecule has 2 nitrogen and oxygen atoms in total. The maximum absolute atomic E-state index is 10.4. The fraction of sp³-hybridized carbons (Fsp3) is 0.182. The summed E-state index contributed by atoms with van der Waals surface area (Å²) in [7, 11) is 0. The quantitative estimate of drug-likeness (QED) is 0.493. The van der Waals surface area contributed by atoms with Crippen molar-refractivity contribution in [3.63, 3.8) is 0 Å². The monoisotopic (exact) mass is 315 g/mol. The van der Waals surface area contributed by atoms with E-state index in [0.29, 0.717) is 5.75 Å². The van der Waals surface area contributed by atoms with Crippen molar-refractivity contribution in [3.8, 4) is 16.9 Å². The van der Waals surface area contributed by atoms with Crippen LogP contribution in [0.3, 0.4) is 0 Å². The summed E-state index contributed by atoms with van der Waals surface area (Å²) >= 11 is 0. The fourth-order valence-electron chi connectivity index (χ4n) is 3.43. The first-order valence-electron chi connectivity index (χ1n) is 8.58. The zero-order valence-corrected chi connectivity index (χ0v) is 13.9. The van der Waals surface area contributed by atoms with E-state index < -0.39 is 0 Å². The summed E-state index contributed by atoms with van der Waals surface area (Å²) in [5.74, 6) is 0.357. The van der Waals surface area contributed by atoms with E-state index in [1.165, 1.54) is 21.9 Å². The molecular formula is C22H21NO. The van der Waals surface area contributed by atoms with Gasteiger partial charge in [-0.2, -0.15) is 0 Å². The van der Waals surface area contributed by atoms with Crippen LogP contribution in [0.15, 0.2) is 66.9 Å². The van der Waals surface area contributed by atoms with Gasteiger partial charge >= 0.3 is 0 Å². The molecule has 0 unspecified atom stereocenters. The second-order valence-corrected chi connectivity index (χ2v) is 6.32. The minimum absolute atomic E-state index is 0.357. The Labute approximate surface area is 142 Å². The smallest absolute Gasteiger partial charge is 0.139 e. The zero-order valence-electron chi connectivity index (χ0n) is 13.9. The van der Waals surface area contributed by atoms with Gasteiger partial charge < -0.3 is 9.67 Å². The summed E-state index contributed by atoms with van der Waals surface area (Å²) in [6, 6.07) is 20.8. The number of nitrogens with zero attached hydrogens (tertiary/aromatic N) is 1. The van der Waals surface area contributed by atoms with E-state index in [1.54, 1.807) is 6.07 Å². The molecule has 1 N–H and O–H groups in total. The number of rotatable bonds is 4. The molecule has 0 aliphatic carbocycles. The zero-order chi connectivity index (χ0) is 16.5. The maximum atomic E-state index is 10.4. The van der Waals surface area contributed by atoms with Gasteiger partial charge in [-0.25, -0.2) is 0 Å². The highest BCUT2D eigenvalue weighted by molar-refractivity contribution is 6.00. The number of aryl methyl sites for hydroxylation is 1. The first-order chi connectivity index (χ1) is 11.8. The second kappa shape index (κ2) is 6.04. The van der Waals surface area contributed by atoms with Crippen LogP contribution in [0.25, 0.3) is 32.8 Å². The molecule has 0 aliphatic heterocycles. The van der Waals surface area contributed by atoms with Crippen LogP contribution >= 0.6 is 0 Å². The Bertz CT molecular complexity index is 1010. The Balaban J connectivity index is 1.93. The Morgan fingerprint density at radius 3 is 2.58 bits per heavy atom. The number of hydrogen-bond acceptors (Lipinski definition) is 1. The van der Waals surface area contributed by atoms with Gasteiger partial charge in [0.2, 0.25) is 0 Å². The third-order valence-electron chi connectivity index (χ3n) is 4.69. The van der Waals surface area contributed by atoms with Crippen LogP contribution in [0.1, 0.15) is 19.8 Å². The molecule has 1 heterocycles. The van der Waals surface area contributed by atoms with Crippen LogP contribution in [-0.2, 0) is 6.54 Å². The van der Waals surface area contributed by atoms with E-state index in [0.717, 1.165) is 30.3 Å². The predicted octanol–water partition coefficient (Wildman–Crippen LogP) is 5.97. The Hall–Kier alpha value is -2.74. The van der Waals surface area contributed by atoms with Crippen LogP contribution in [-0.4, -0.2) is 9.67 Å². The molecule has 4 aromatic rings. The van der Waals surface area contributed by atoms with Crippen molar-refractivity contribution in [2.24, 2.45) is 0 Å². The highest BCUT2D eigenvalue weighted by atomic mass is 16.3. The first kappa shape index (κ1) is 14.8. The third kappa shape index (κ3) is 2.44. The summed E-state index contributed by atoms with van der Waals surface area (Å²) in [6.07, 6.45) is 4.43. The lowest BCUT2D eigenvalue weighted by Gasteiger charge is -2.04. The molecule has 0 aliphatic rings. The molecule has 0 fully saturated rings. The number of unbranched alkanes of at least 4 members (excludes halogenated alkanes) is 1. The lowest BCUT2D eigenvalue weighted by Crippen LogP contribution is -1.95. The molecule has 0 spiro atoms. The first-order valence-corrected chi connectivity index (χ1v) is 8.58. The molecule has 24 heavy (non-hydrogen) atoms. The minimum Gasteiger partial charge on any atom is -0.506 e. The van der Waals surface area contributed by atoms with E-state index in [1.807, 2.05) is 6.07 Å². The largest absolute Gasteiger partial charge is 0.506 e. The van der Waals surface area contributed by atoms with Crippen LogP contribution in [0.2, 0.25) is 0 Å². The van der Waals surface area contributed by atoms with Crippen molar-refractivity contribution in [2.75, 3.05) is 0 Å². The number of para-hydroxylation sites is 1. The summed E-state index contributed by atoms with van der Waals surface area (Å²) in [4.78, 5) is 0. The number of benzene rings is 3. The molecule has 1 aromatic heterocycles. The third-order valence-corrected chi connectivity index (χ3v) is 4.69. The van der Waals surface area contributed by atoms with E-state index >= 15 is 0 Å². The van der Waals surface area contributed by atoms with Gasteiger partial charge in [0.15, 0.2) is 0 Å². The number of aromatic hydroxyl groups is 1. The summed E-state index contributed by atoms with van der Waals surface area (Å²) in [6.45, 7) is 3.12. The van der Waals surface area contributed by atoms with Crippen LogP contribution in [0.5, 0.6) is 5.75 Å². The van der Waals surface area contributed by atoms with E-state index in [-0.39, 0.29) is 0 Å². The summed E-state index contributed by atoms with van der Waals surface area (Å²) in [5, 5.41) is 14.0. The Morgan fingerprint density at radius 1 is 0.917 bits per heavy atom. The summed E-state index contributed by atoms with van der Waals surface area (Å²) < 4.78 is 2.19. The van der Waals surface area contributed by atoms with Gasteiger partial charge in [-0.15, -0.1) is 0 Å². The highest BCUT2D eigenvalue weighted by Crippen LogP contribution is 2.36. The van der Waals surface area contributed by atoms with Gasteiger partial charge in [0.25, 0.3) is 0 Å². The van der Waals surface area contributed by atoms with Crippen molar-refractivity contribution in [2.45, 2.75) is 26.3 Å². The molecule has 0 saturated heterocycles. The topological polar surface area (TPSA) is 25.2 Å². The Kier molecular flexibility index (Phi) is 3.73. The standard InChI is InChI=1S/C22H21NO/c1-2-3-13-23-15-20(19-9-6-10-21(24)22(19)23)18-12-11-16-7-4-5-8-17(16)14-18/h4-12,14-15,24H,2-3,13H2,1H3. The number of aromatic nitrogens is 1. The number of hydrogen-bond donors (Lipinski definition) is 1. The minimum atomic E-state index is 0.357. The molecule has 0 radical (unpaired) electrons. The fourth-order valence-corrected chi connectivity index (χ4v) is 3.43. The van der Waals surface area contributed by atoms with Gasteiger partial charge in [-0.05, 0) is 34.9 Å². The molecule has 4 rings (SSSR count). The Morgan fingerprint density at radius 2 is 1.75 bits per heavy atom. The van der Waals surface area contributed by atoms with Crippen LogP contribution in [0, 0.1) is 0 Å². The average molecular weight is 315 g/mol. The van der Waals surface area contributed by atoms with Crippen molar-refractivity contribution < 1.29 is 5.11 Å². The van der Waals surface area contributed by atoms with Crippen molar-refractivity contribution >= 4 is 21.7 Å². The second-order valence-electron chi connectivity index (χ2n) is 6.32. The molecule has 3 aromatic carbocycles. The molecule has 2 heteroatoms. The van der Waals surface area contributed by atoms with Crippen molar-refractivity contribution in [1.29, 1.82) is 0 Å². The molecule has 120 valence electrons. The number of phenols is 1. The van der Waals surface area contributed by atoms with Crippen LogP contribution in [0.4, 0.5) is 0 Å². The maximum Gasteiger partial charge on any atom is 0.139 e. The SMILES string of the molecule is CCCCn1cc(-c2ccc3ccccc3c2)c2cccc(O)c21. The molecular weight excluding hydrogens is 294 g/mol. The predicted molar refractivity (Wildman–Crippen MR) is 101 cm³/mol. The van der Waals surface area contributed by atoms with E-state index in [9.17, 15) is 5.11 Å². The summed E-state index contributed by atoms with van der Waals surface area (Å²) in [5.41, 5.74) is 3.32. The van der Waals surface area contributed by atoms with Gasteiger partial charge in [-0.3, -0.25) is 0 Å². The van der Waals surface area contributed by atoms with Gasteiger partial charge in [0.1, 0.15) is 5.75 Å². The average Bonchev–Trinajstić information content (AvgIpc) is 2.99. The van der Waals surface area contributed by atoms with Crippen molar-refractivity contribution in [3.05, 3.63) is 66.9 Å². The van der Waals surface area contributed by atoms with E-state index in [2.05, 4.69) is 66.2 Å². The van der Waals surface area contributed by atoms with Crippen molar-refractivity contribution in [1.82, 2.24) is 4.57 Å². The van der Waals surface area contributed by atoms with Crippen LogP contribution < -0.4 is 0 Å². The molecule has 0 atom stereocenters.